The summed E-state index contributed by atoms with van der Waals surface area (Å²) >= 11 is 0. The number of hydrogen-bond donors (Lipinski definition) is 2. The van der Waals surface area contributed by atoms with Gasteiger partial charge in [0.15, 0.2) is 0 Å². The van der Waals surface area contributed by atoms with Gasteiger partial charge in [-0.2, -0.15) is 0 Å². The van der Waals surface area contributed by atoms with Crippen molar-refractivity contribution in [3.05, 3.63) is 24.1 Å². The van der Waals surface area contributed by atoms with Crippen molar-refractivity contribution >= 4 is 0 Å². The minimum absolute atomic E-state index is 0.188. The van der Waals surface area contributed by atoms with Crippen molar-refractivity contribution in [2.75, 3.05) is 0 Å². The predicted octanol–water partition coefficient (Wildman–Crippen LogP) is 0.921. The van der Waals surface area contributed by atoms with Crippen molar-refractivity contribution < 1.29 is 5.11 Å². The summed E-state index contributed by atoms with van der Waals surface area (Å²) in [6, 6.07) is 0. The van der Waals surface area contributed by atoms with Crippen LogP contribution >= 0.6 is 0 Å². The largest absolute Gasteiger partial charge is 0.513 e. The van der Waals surface area contributed by atoms with E-state index < -0.39 is 0 Å². The molecule has 0 saturated heterocycles. The summed E-state index contributed by atoms with van der Waals surface area (Å²) in [5, 5.41) is 8.44. The van der Waals surface area contributed by atoms with Crippen LogP contribution in [-0.2, 0) is 0 Å². The average Bonchev–Trinajstić information content (AvgIpc) is 1.27. The van der Waals surface area contributed by atoms with Crippen molar-refractivity contribution in [1.29, 1.82) is 0 Å². The van der Waals surface area contributed by atoms with Gasteiger partial charge in [-0.05, 0) is 13.0 Å². The lowest BCUT2D eigenvalue weighted by Gasteiger charge is -1.85. The standard InChI is InChI=1S/C5H9NO/c1-4(6)3-5(2)7/h3,7H,1,6H2,2H3/b5-3-. The number of hydrogen-bond acceptors (Lipinski definition) is 2. The molecule has 0 atom stereocenters. The molecule has 0 aromatic carbocycles. The number of rotatable bonds is 1. The molecule has 2 nitrogen and oxygen atoms in total. The molecular weight excluding hydrogens is 90.1 g/mol. The molecule has 0 spiro atoms. The van der Waals surface area contributed by atoms with Crippen molar-refractivity contribution in [2.45, 2.75) is 6.92 Å². The molecule has 0 aromatic rings. The van der Waals surface area contributed by atoms with Gasteiger partial charge in [0, 0.05) is 5.70 Å². The highest BCUT2D eigenvalue weighted by Gasteiger charge is 1.76. The molecule has 0 bridgehead atoms. The van der Waals surface area contributed by atoms with Gasteiger partial charge in [0.05, 0.1) is 5.76 Å². The topological polar surface area (TPSA) is 46.2 Å². The highest BCUT2D eigenvalue weighted by Crippen LogP contribution is 1.86. The fourth-order valence-corrected chi connectivity index (χ4v) is 0.268. The zero-order valence-corrected chi connectivity index (χ0v) is 4.31. The molecule has 0 rings (SSSR count). The first kappa shape index (κ1) is 6.08. The first-order valence-corrected chi connectivity index (χ1v) is 1.94. The lowest BCUT2D eigenvalue weighted by molar-refractivity contribution is 0.414. The van der Waals surface area contributed by atoms with Gasteiger partial charge < -0.3 is 10.8 Å². The summed E-state index contributed by atoms with van der Waals surface area (Å²) in [4.78, 5) is 0. The van der Waals surface area contributed by atoms with Gasteiger partial charge in [0.2, 0.25) is 0 Å². The second-order valence-corrected chi connectivity index (χ2v) is 1.36. The number of allylic oxidation sites excluding steroid dienone is 2. The zero-order valence-electron chi connectivity index (χ0n) is 4.31. The Balaban J connectivity index is 3.68. The lowest BCUT2D eigenvalue weighted by Crippen LogP contribution is -1.89. The summed E-state index contributed by atoms with van der Waals surface area (Å²) < 4.78 is 0. The van der Waals surface area contributed by atoms with E-state index in [4.69, 9.17) is 10.8 Å². The smallest absolute Gasteiger partial charge is 0.0912 e. The van der Waals surface area contributed by atoms with Crippen molar-refractivity contribution in [1.82, 2.24) is 0 Å². The van der Waals surface area contributed by atoms with Gasteiger partial charge >= 0.3 is 0 Å². The molecule has 7 heavy (non-hydrogen) atoms. The summed E-state index contributed by atoms with van der Waals surface area (Å²) in [5.74, 6) is 0.188. The van der Waals surface area contributed by atoms with Gasteiger partial charge in [-0.3, -0.25) is 0 Å². The molecule has 40 valence electrons. The van der Waals surface area contributed by atoms with Crippen molar-refractivity contribution in [3.63, 3.8) is 0 Å². The van der Waals surface area contributed by atoms with Gasteiger partial charge in [0.25, 0.3) is 0 Å². The first-order valence-electron chi connectivity index (χ1n) is 1.94. The molecule has 0 aliphatic heterocycles. The van der Waals surface area contributed by atoms with Crippen LogP contribution in [0.4, 0.5) is 0 Å². The number of nitrogens with two attached hydrogens (primary N) is 1. The van der Waals surface area contributed by atoms with Crippen LogP contribution in [0.1, 0.15) is 6.92 Å². The monoisotopic (exact) mass is 99.1 g/mol. The third kappa shape index (κ3) is 5.08. The van der Waals surface area contributed by atoms with Crippen LogP contribution in [0, 0.1) is 0 Å². The van der Waals surface area contributed by atoms with Gasteiger partial charge in [0.1, 0.15) is 0 Å². The fourth-order valence-electron chi connectivity index (χ4n) is 0.268. The average molecular weight is 99.1 g/mol. The normalized spacial score (nSPS) is 11.3. The van der Waals surface area contributed by atoms with E-state index in [0.29, 0.717) is 5.70 Å². The van der Waals surface area contributed by atoms with Gasteiger partial charge in [-0.25, -0.2) is 0 Å². The first-order chi connectivity index (χ1) is 3.13. The van der Waals surface area contributed by atoms with Crippen LogP contribution in [0.25, 0.3) is 0 Å². The fraction of sp³-hybridized carbons (Fsp3) is 0.200. The Morgan fingerprint density at radius 1 is 1.86 bits per heavy atom. The second-order valence-electron chi connectivity index (χ2n) is 1.36. The quantitative estimate of drug-likeness (QED) is 0.379. The molecule has 0 aromatic heterocycles. The van der Waals surface area contributed by atoms with Crippen molar-refractivity contribution in [2.24, 2.45) is 5.73 Å². The third-order valence-corrected chi connectivity index (χ3v) is 0.394. The molecular formula is C5H9NO. The summed E-state index contributed by atoms with van der Waals surface area (Å²) in [6.45, 7) is 4.88. The molecule has 0 unspecified atom stereocenters. The van der Waals surface area contributed by atoms with E-state index >= 15 is 0 Å². The molecule has 0 aliphatic rings. The van der Waals surface area contributed by atoms with E-state index in [0.717, 1.165) is 0 Å². The van der Waals surface area contributed by atoms with E-state index in [9.17, 15) is 0 Å². The number of aliphatic hydroxyl groups is 1. The molecule has 0 aliphatic carbocycles. The van der Waals surface area contributed by atoms with Gasteiger partial charge in [-0.1, -0.05) is 6.58 Å². The minimum Gasteiger partial charge on any atom is -0.513 e. The third-order valence-electron chi connectivity index (χ3n) is 0.394. The Kier molecular flexibility index (Phi) is 1.99. The highest BCUT2D eigenvalue weighted by molar-refractivity contribution is 5.11. The van der Waals surface area contributed by atoms with E-state index in [1.54, 1.807) is 0 Å². The molecule has 0 heterocycles. The maximum Gasteiger partial charge on any atom is 0.0912 e. The van der Waals surface area contributed by atoms with Crippen molar-refractivity contribution in [3.8, 4) is 0 Å². The highest BCUT2D eigenvalue weighted by atomic mass is 16.3. The van der Waals surface area contributed by atoms with E-state index in [1.165, 1.54) is 13.0 Å². The van der Waals surface area contributed by atoms with Crippen LogP contribution in [0.2, 0.25) is 0 Å². The Labute approximate surface area is 43.0 Å². The van der Waals surface area contributed by atoms with E-state index in [2.05, 4.69) is 6.58 Å². The number of aliphatic hydroxyl groups excluding tert-OH is 1. The zero-order chi connectivity index (χ0) is 5.86. The molecule has 0 radical (unpaired) electrons. The predicted molar refractivity (Wildman–Crippen MR) is 29.7 cm³/mol. The summed E-state index contributed by atoms with van der Waals surface area (Å²) in [5.41, 5.74) is 5.44. The Hall–Kier alpha value is -0.920. The van der Waals surface area contributed by atoms with E-state index in [1.807, 2.05) is 0 Å². The molecule has 2 heteroatoms. The molecule has 0 amide bonds. The Bertz CT molecular complexity index is 101. The minimum atomic E-state index is 0.188. The van der Waals surface area contributed by atoms with Crippen LogP contribution in [0.5, 0.6) is 0 Å². The summed E-state index contributed by atoms with van der Waals surface area (Å²) in [6.07, 6.45) is 1.39. The Morgan fingerprint density at radius 2 is 2.29 bits per heavy atom. The van der Waals surface area contributed by atoms with Gasteiger partial charge in [-0.15, -0.1) is 0 Å². The molecule has 3 N–H and O–H groups in total. The van der Waals surface area contributed by atoms with E-state index in [-0.39, 0.29) is 5.76 Å². The molecule has 0 fully saturated rings. The SMILES string of the molecule is C=C(N)/C=C(/C)O. The van der Waals surface area contributed by atoms with Crippen LogP contribution in [-0.4, -0.2) is 5.11 Å². The second kappa shape index (κ2) is 2.29. The maximum absolute atomic E-state index is 8.44. The maximum atomic E-state index is 8.44. The molecule has 0 saturated carbocycles. The Morgan fingerprint density at radius 3 is 2.29 bits per heavy atom. The van der Waals surface area contributed by atoms with Crippen LogP contribution in [0.15, 0.2) is 24.1 Å². The summed E-state index contributed by atoms with van der Waals surface area (Å²) in [7, 11) is 0. The lowest BCUT2D eigenvalue weighted by atomic mass is 10.4. The van der Waals surface area contributed by atoms with Crippen LogP contribution < -0.4 is 5.73 Å². The van der Waals surface area contributed by atoms with Crippen LogP contribution in [0.3, 0.4) is 0 Å².